The molecule has 0 radical (unpaired) electrons. The van der Waals surface area contributed by atoms with Gasteiger partial charge >= 0.3 is 0 Å². The zero-order chi connectivity index (χ0) is 19.6. The van der Waals surface area contributed by atoms with Crippen molar-refractivity contribution in [3.63, 3.8) is 0 Å². The predicted octanol–water partition coefficient (Wildman–Crippen LogP) is 3.78. The maximum atomic E-state index is 12.2. The number of halogens is 2. The molecule has 0 heterocycles. The molecule has 0 unspecified atom stereocenters. The summed E-state index contributed by atoms with van der Waals surface area (Å²) in [6.07, 6.45) is 2.20. The molecular weight excluding hydrogens is 411 g/mol. The van der Waals surface area contributed by atoms with Crippen LogP contribution in [0.4, 0.5) is 0 Å². The van der Waals surface area contributed by atoms with Crippen molar-refractivity contribution in [1.29, 1.82) is 0 Å². The van der Waals surface area contributed by atoms with E-state index in [1.807, 2.05) is 18.2 Å². The van der Waals surface area contributed by atoms with E-state index in [4.69, 9.17) is 15.2 Å². The molecule has 0 bridgehead atoms. The Labute approximate surface area is 186 Å². The second-order valence-electron chi connectivity index (χ2n) is 6.67. The second kappa shape index (κ2) is 14.1. The zero-order valence-corrected chi connectivity index (χ0v) is 19.0. The standard InChI is InChI=1S/C22H30N2O3.2ClH/c1-16-6-7-18(13-17(16)2)5-4-11-24-22(25)15-19-8-9-20(27-12-10-23)21(14-19)26-3;;/h6-9,13-14H,4-5,10-12,15,23H2,1-3H3,(H,24,25);2*1H. The highest BCUT2D eigenvalue weighted by Gasteiger charge is 2.09. The molecule has 0 aromatic heterocycles. The van der Waals surface area contributed by atoms with E-state index in [0.29, 0.717) is 37.6 Å². The summed E-state index contributed by atoms with van der Waals surface area (Å²) in [6, 6.07) is 12.1. The normalized spacial score (nSPS) is 9.79. The zero-order valence-electron chi connectivity index (χ0n) is 17.3. The molecule has 7 heteroatoms. The fourth-order valence-corrected chi connectivity index (χ4v) is 2.84. The van der Waals surface area contributed by atoms with Crippen LogP contribution in [0.25, 0.3) is 0 Å². The van der Waals surface area contributed by atoms with Crippen molar-refractivity contribution in [3.05, 3.63) is 58.7 Å². The maximum Gasteiger partial charge on any atom is 0.224 e. The van der Waals surface area contributed by atoms with Crippen LogP contribution >= 0.6 is 24.8 Å². The van der Waals surface area contributed by atoms with Gasteiger partial charge in [0, 0.05) is 13.1 Å². The van der Waals surface area contributed by atoms with Crippen LogP contribution in [0.5, 0.6) is 11.5 Å². The van der Waals surface area contributed by atoms with Crippen LogP contribution in [0.2, 0.25) is 0 Å². The van der Waals surface area contributed by atoms with Gasteiger partial charge in [-0.25, -0.2) is 0 Å². The van der Waals surface area contributed by atoms with E-state index >= 15 is 0 Å². The molecule has 2 aromatic rings. The lowest BCUT2D eigenvalue weighted by atomic mass is 10.0. The summed E-state index contributed by atoms with van der Waals surface area (Å²) in [6.45, 7) is 5.78. The monoisotopic (exact) mass is 442 g/mol. The second-order valence-corrected chi connectivity index (χ2v) is 6.67. The van der Waals surface area contributed by atoms with Gasteiger partial charge in [-0.05, 0) is 61.1 Å². The summed E-state index contributed by atoms with van der Waals surface area (Å²) in [5.41, 5.74) is 10.3. The van der Waals surface area contributed by atoms with Crippen molar-refractivity contribution >= 4 is 30.7 Å². The molecule has 0 fully saturated rings. The van der Waals surface area contributed by atoms with Gasteiger partial charge in [0.05, 0.1) is 13.5 Å². The fraction of sp³-hybridized carbons (Fsp3) is 0.409. The number of methoxy groups -OCH3 is 1. The molecule has 2 aromatic carbocycles. The van der Waals surface area contributed by atoms with Crippen molar-refractivity contribution in [2.24, 2.45) is 5.73 Å². The average Bonchev–Trinajstić information content (AvgIpc) is 2.66. The Morgan fingerprint density at radius 3 is 2.38 bits per heavy atom. The lowest BCUT2D eigenvalue weighted by Crippen LogP contribution is -2.26. The molecule has 0 saturated carbocycles. The third-order valence-electron chi connectivity index (χ3n) is 4.50. The van der Waals surface area contributed by atoms with Gasteiger partial charge in [0.2, 0.25) is 5.91 Å². The number of nitrogens with two attached hydrogens (primary N) is 1. The molecule has 3 N–H and O–H groups in total. The minimum absolute atomic E-state index is 0. The van der Waals surface area contributed by atoms with Crippen LogP contribution in [-0.2, 0) is 17.6 Å². The molecule has 0 saturated heterocycles. The van der Waals surface area contributed by atoms with E-state index in [1.54, 1.807) is 7.11 Å². The number of amides is 1. The van der Waals surface area contributed by atoms with E-state index in [0.717, 1.165) is 18.4 Å². The summed E-state index contributed by atoms with van der Waals surface area (Å²) in [5.74, 6) is 1.26. The highest BCUT2D eigenvalue weighted by atomic mass is 35.5. The topological polar surface area (TPSA) is 73.6 Å². The number of aryl methyl sites for hydroxylation is 3. The van der Waals surface area contributed by atoms with E-state index in [1.165, 1.54) is 16.7 Å². The molecule has 29 heavy (non-hydrogen) atoms. The van der Waals surface area contributed by atoms with Crippen molar-refractivity contribution in [3.8, 4) is 11.5 Å². The number of nitrogens with one attached hydrogen (secondary N) is 1. The van der Waals surface area contributed by atoms with E-state index < -0.39 is 0 Å². The molecule has 0 aliphatic carbocycles. The van der Waals surface area contributed by atoms with Crippen molar-refractivity contribution in [1.82, 2.24) is 5.32 Å². The molecule has 0 spiro atoms. The first-order valence-corrected chi connectivity index (χ1v) is 9.36. The molecule has 1 amide bonds. The van der Waals surface area contributed by atoms with Crippen LogP contribution in [0.3, 0.4) is 0 Å². The van der Waals surface area contributed by atoms with Crippen LogP contribution in [-0.4, -0.2) is 32.7 Å². The number of carbonyl (C=O) groups is 1. The molecule has 2 rings (SSSR count). The van der Waals surface area contributed by atoms with Crippen molar-refractivity contribution in [2.75, 3.05) is 26.8 Å². The Morgan fingerprint density at radius 1 is 1.00 bits per heavy atom. The van der Waals surface area contributed by atoms with Gasteiger partial charge in [-0.3, -0.25) is 4.79 Å². The summed E-state index contributed by atoms with van der Waals surface area (Å²) in [7, 11) is 1.58. The summed E-state index contributed by atoms with van der Waals surface area (Å²) >= 11 is 0. The van der Waals surface area contributed by atoms with Crippen LogP contribution in [0, 0.1) is 13.8 Å². The highest BCUT2D eigenvalue weighted by molar-refractivity contribution is 5.85. The molecule has 0 aliphatic rings. The quantitative estimate of drug-likeness (QED) is 0.548. The minimum Gasteiger partial charge on any atom is -0.493 e. The van der Waals surface area contributed by atoms with Gasteiger partial charge in [0.1, 0.15) is 6.61 Å². The lowest BCUT2D eigenvalue weighted by molar-refractivity contribution is -0.120. The van der Waals surface area contributed by atoms with Crippen LogP contribution in [0.1, 0.15) is 28.7 Å². The minimum atomic E-state index is 0. The summed E-state index contributed by atoms with van der Waals surface area (Å²) < 4.78 is 10.9. The largest absolute Gasteiger partial charge is 0.493 e. The van der Waals surface area contributed by atoms with Gasteiger partial charge in [-0.2, -0.15) is 0 Å². The smallest absolute Gasteiger partial charge is 0.224 e. The Kier molecular flexibility index (Phi) is 13.2. The maximum absolute atomic E-state index is 12.2. The Bertz CT molecular complexity index is 770. The number of hydrogen-bond acceptors (Lipinski definition) is 4. The predicted molar refractivity (Wildman–Crippen MR) is 123 cm³/mol. The van der Waals surface area contributed by atoms with Gasteiger partial charge in [-0.1, -0.05) is 24.3 Å². The van der Waals surface area contributed by atoms with E-state index in [2.05, 4.69) is 37.4 Å². The first kappa shape index (κ1) is 27.0. The number of carbonyl (C=O) groups excluding carboxylic acids is 1. The first-order chi connectivity index (χ1) is 13.0. The van der Waals surface area contributed by atoms with Crippen molar-refractivity contribution in [2.45, 2.75) is 33.1 Å². The Hall–Kier alpha value is -1.95. The highest BCUT2D eigenvalue weighted by Crippen LogP contribution is 2.28. The number of benzene rings is 2. The Morgan fingerprint density at radius 2 is 1.72 bits per heavy atom. The third-order valence-corrected chi connectivity index (χ3v) is 4.50. The summed E-state index contributed by atoms with van der Waals surface area (Å²) in [4.78, 5) is 12.2. The summed E-state index contributed by atoms with van der Waals surface area (Å²) in [5, 5.41) is 2.99. The van der Waals surface area contributed by atoms with Crippen LogP contribution < -0.4 is 20.5 Å². The van der Waals surface area contributed by atoms with Gasteiger partial charge in [0.25, 0.3) is 0 Å². The third kappa shape index (κ3) is 8.94. The molecule has 0 aliphatic heterocycles. The molecule has 162 valence electrons. The van der Waals surface area contributed by atoms with E-state index in [-0.39, 0.29) is 30.7 Å². The SMILES string of the molecule is COc1cc(CC(=O)NCCCc2ccc(C)c(C)c2)ccc1OCCN.Cl.Cl. The van der Waals surface area contributed by atoms with Crippen LogP contribution in [0.15, 0.2) is 36.4 Å². The number of hydrogen-bond donors (Lipinski definition) is 2. The fourth-order valence-electron chi connectivity index (χ4n) is 2.84. The number of ether oxygens (including phenoxy) is 2. The van der Waals surface area contributed by atoms with E-state index in [9.17, 15) is 4.79 Å². The molecular formula is C22H32Cl2N2O3. The van der Waals surface area contributed by atoms with Gasteiger partial charge in [-0.15, -0.1) is 24.8 Å². The average molecular weight is 443 g/mol. The lowest BCUT2D eigenvalue weighted by Gasteiger charge is -2.12. The van der Waals surface area contributed by atoms with Gasteiger partial charge < -0.3 is 20.5 Å². The van der Waals surface area contributed by atoms with Crippen molar-refractivity contribution < 1.29 is 14.3 Å². The molecule has 5 nitrogen and oxygen atoms in total. The first-order valence-electron chi connectivity index (χ1n) is 9.36. The molecule has 0 atom stereocenters. The Balaban J connectivity index is 0.00000392. The number of rotatable bonds is 10. The van der Waals surface area contributed by atoms with Gasteiger partial charge in [0.15, 0.2) is 11.5 Å².